The minimum Gasteiger partial charge on any atom is -0.369 e. The Hall–Kier alpha value is -1.29. The Morgan fingerprint density at radius 2 is 2.05 bits per heavy atom. The molecule has 1 aromatic carbocycles. The van der Waals surface area contributed by atoms with Gasteiger partial charge in [-0.2, -0.15) is 0 Å². The average molecular weight is 296 g/mol. The number of nitrogens with zero attached hydrogens (tertiary/aromatic N) is 2. The zero-order valence-electron chi connectivity index (χ0n) is 11.7. The summed E-state index contributed by atoms with van der Waals surface area (Å²) in [4.78, 5) is 4.32. The number of halogens is 2. The van der Waals surface area contributed by atoms with Gasteiger partial charge in [-0.05, 0) is 37.2 Å². The van der Waals surface area contributed by atoms with Crippen molar-refractivity contribution in [3.63, 3.8) is 0 Å². The van der Waals surface area contributed by atoms with Gasteiger partial charge in [-0.3, -0.25) is 0 Å². The summed E-state index contributed by atoms with van der Waals surface area (Å²) in [6, 6.07) is 3.30. The molecule has 3 rings (SSSR count). The van der Waals surface area contributed by atoms with E-state index < -0.39 is 5.82 Å². The van der Waals surface area contributed by atoms with Crippen molar-refractivity contribution in [2.75, 3.05) is 5.73 Å². The molecule has 0 amide bonds. The molecule has 3 nitrogen and oxygen atoms in total. The van der Waals surface area contributed by atoms with Crippen molar-refractivity contribution in [1.82, 2.24) is 9.55 Å². The maximum absolute atomic E-state index is 13.7. The SMILES string of the molecule is CC1CCC(n2c(N)nc3cc(Cl)c(F)cc32)CC1C. The molecular formula is C15H19ClFN3. The second-order valence-electron chi connectivity index (χ2n) is 6.02. The van der Waals surface area contributed by atoms with Crippen LogP contribution in [0.4, 0.5) is 10.3 Å². The summed E-state index contributed by atoms with van der Waals surface area (Å²) >= 11 is 5.81. The van der Waals surface area contributed by atoms with Gasteiger partial charge < -0.3 is 10.3 Å². The number of fused-ring (bicyclic) bond motifs is 1. The highest BCUT2D eigenvalue weighted by Crippen LogP contribution is 2.39. The van der Waals surface area contributed by atoms with Gasteiger partial charge in [-0.25, -0.2) is 9.37 Å². The van der Waals surface area contributed by atoms with Crippen LogP contribution in [-0.2, 0) is 0 Å². The highest BCUT2D eigenvalue weighted by molar-refractivity contribution is 6.31. The van der Waals surface area contributed by atoms with E-state index >= 15 is 0 Å². The van der Waals surface area contributed by atoms with E-state index in [1.54, 1.807) is 6.07 Å². The summed E-state index contributed by atoms with van der Waals surface area (Å²) in [7, 11) is 0. The highest BCUT2D eigenvalue weighted by Gasteiger charge is 2.28. The lowest BCUT2D eigenvalue weighted by atomic mass is 9.79. The monoisotopic (exact) mass is 295 g/mol. The number of anilines is 1. The van der Waals surface area contributed by atoms with Gasteiger partial charge in [0.15, 0.2) is 0 Å². The maximum atomic E-state index is 13.7. The predicted octanol–water partition coefficient (Wildman–Crippen LogP) is 4.41. The summed E-state index contributed by atoms with van der Waals surface area (Å²) in [6.07, 6.45) is 3.29. The van der Waals surface area contributed by atoms with Crippen LogP contribution in [0.1, 0.15) is 39.2 Å². The molecule has 1 aliphatic carbocycles. The zero-order valence-corrected chi connectivity index (χ0v) is 12.5. The van der Waals surface area contributed by atoms with E-state index in [0.29, 0.717) is 23.4 Å². The largest absolute Gasteiger partial charge is 0.369 e. The summed E-state index contributed by atoms with van der Waals surface area (Å²) in [5, 5.41) is 0.0905. The van der Waals surface area contributed by atoms with Crippen molar-refractivity contribution in [3.05, 3.63) is 23.0 Å². The fourth-order valence-corrected chi connectivity index (χ4v) is 3.40. The lowest BCUT2D eigenvalue weighted by Crippen LogP contribution is -2.24. The molecule has 0 aliphatic heterocycles. The molecule has 1 aliphatic rings. The standard InChI is InChI=1S/C15H19ClFN3/c1-8-3-4-10(5-9(8)2)20-14-7-12(17)11(16)6-13(14)19-15(20)18/h6-10H,3-5H2,1-2H3,(H2,18,19). The summed E-state index contributed by atoms with van der Waals surface area (Å²) in [5.41, 5.74) is 7.46. The number of imidazole rings is 1. The number of hydrogen-bond acceptors (Lipinski definition) is 2. The van der Waals surface area contributed by atoms with Crippen molar-refractivity contribution < 1.29 is 4.39 Å². The molecule has 0 radical (unpaired) electrons. The molecule has 1 fully saturated rings. The molecule has 5 heteroatoms. The van der Waals surface area contributed by atoms with E-state index in [1.807, 2.05) is 4.57 Å². The molecule has 1 saturated carbocycles. The number of aromatic nitrogens is 2. The number of benzene rings is 1. The highest BCUT2D eigenvalue weighted by atomic mass is 35.5. The lowest BCUT2D eigenvalue weighted by molar-refractivity contribution is 0.215. The first-order chi connectivity index (χ1) is 9.47. The second kappa shape index (κ2) is 4.92. The molecule has 0 spiro atoms. The van der Waals surface area contributed by atoms with Crippen LogP contribution in [0.25, 0.3) is 11.0 Å². The van der Waals surface area contributed by atoms with Gasteiger partial charge in [0.1, 0.15) is 5.82 Å². The van der Waals surface area contributed by atoms with Crippen LogP contribution >= 0.6 is 11.6 Å². The molecular weight excluding hydrogens is 277 g/mol. The number of rotatable bonds is 1. The van der Waals surface area contributed by atoms with Crippen LogP contribution in [0.2, 0.25) is 5.02 Å². The Labute approximate surface area is 122 Å². The molecule has 2 aromatic rings. The fraction of sp³-hybridized carbons (Fsp3) is 0.533. The molecule has 3 atom stereocenters. The van der Waals surface area contributed by atoms with Crippen molar-refractivity contribution in [2.45, 2.75) is 39.2 Å². The van der Waals surface area contributed by atoms with Gasteiger partial charge in [-0.1, -0.05) is 25.4 Å². The van der Waals surface area contributed by atoms with Crippen LogP contribution in [0, 0.1) is 17.7 Å². The van der Waals surface area contributed by atoms with E-state index in [4.69, 9.17) is 17.3 Å². The summed E-state index contributed by atoms with van der Waals surface area (Å²) < 4.78 is 15.7. The van der Waals surface area contributed by atoms with E-state index in [0.717, 1.165) is 24.3 Å². The minimum atomic E-state index is -0.419. The number of hydrogen-bond donors (Lipinski definition) is 1. The molecule has 2 N–H and O–H groups in total. The molecule has 1 aromatic heterocycles. The normalized spacial score (nSPS) is 27.1. The Bertz CT molecular complexity index is 652. The smallest absolute Gasteiger partial charge is 0.201 e. The second-order valence-corrected chi connectivity index (χ2v) is 6.42. The zero-order chi connectivity index (χ0) is 14.4. The van der Waals surface area contributed by atoms with E-state index in [9.17, 15) is 4.39 Å². The Morgan fingerprint density at radius 1 is 1.30 bits per heavy atom. The van der Waals surface area contributed by atoms with E-state index in [-0.39, 0.29) is 5.02 Å². The third kappa shape index (κ3) is 2.16. The van der Waals surface area contributed by atoms with Gasteiger partial charge in [0.2, 0.25) is 5.95 Å². The fourth-order valence-electron chi connectivity index (χ4n) is 3.25. The van der Waals surface area contributed by atoms with Crippen molar-refractivity contribution in [3.8, 4) is 0 Å². The number of nitrogen functional groups attached to an aromatic ring is 1. The van der Waals surface area contributed by atoms with Crippen LogP contribution in [-0.4, -0.2) is 9.55 Å². The molecule has 1 heterocycles. The molecule has 20 heavy (non-hydrogen) atoms. The Morgan fingerprint density at radius 3 is 2.75 bits per heavy atom. The molecule has 0 bridgehead atoms. The van der Waals surface area contributed by atoms with Gasteiger partial charge >= 0.3 is 0 Å². The maximum Gasteiger partial charge on any atom is 0.201 e. The quantitative estimate of drug-likeness (QED) is 0.847. The third-order valence-electron chi connectivity index (χ3n) is 4.69. The first kappa shape index (κ1) is 13.7. The van der Waals surface area contributed by atoms with Crippen LogP contribution in [0.15, 0.2) is 12.1 Å². The summed E-state index contributed by atoms with van der Waals surface area (Å²) in [6.45, 7) is 4.55. The average Bonchev–Trinajstić information content (AvgIpc) is 2.69. The summed E-state index contributed by atoms with van der Waals surface area (Å²) in [5.74, 6) is 1.40. The Balaban J connectivity index is 2.07. The van der Waals surface area contributed by atoms with Gasteiger partial charge in [0.05, 0.1) is 16.1 Å². The van der Waals surface area contributed by atoms with Crippen LogP contribution in [0.3, 0.4) is 0 Å². The molecule has 108 valence electrons. The molecule has 0 saturated heterocycles. The van der Waals surface area contributed by atoms with Crippen molar-refractivity contribution in [2.24, 2.45) is 11.8 Å². The molecule has 3 unspecified atom stereocenters. The Kier molecular flexibility index (Phi) is 3.36. The topological polar surface area (TPSA) is 43.8 Å². The predicted molar refractivity (Wildman–Crippen MR) is 80.3 cm³/mol. The van der Waals surface area contributed by atoms with Gasteiger partial charge in [-0.15, -0.1) is 0 Å². The van der Waals surface area contributed by atoms with Crippen LogP contribution in [0.5, 0.6) is 0 Å². The van der Waals surface area contributed by atoms with Gasteiger partial charge in [0, 0.05) is 12.1 Å². The first-order valence-electron chi connectivity index (χ1n) is 7.09. The van der Waals surface area contributed by atoms with E-state index in [2.05, 4.69) is 18.8 Å². The van der Waals surface area contributed by atoms with Gasteiger partial charge in [0.25, 0.3) is 0 Å². The van der Waals surface area contributed by atoms with Crippen molar-refractivity contribution >= 4 is 28.6 Å². The first-order valence-corrected chi connectivity index (χ1v) is 7.47. The third-order valence-corrected chi connectivity index (χ3v) is 4.98. The van der Waals surface area contributed by atoms with E-state index in [1.165, 1.54) is 12.5 Å². The van der Waals surface area contributed by atoms with Crippen LogP contribution < -0.4 is 5.73 Å². The minimum absolute atomic E-state index is 0.0905. The van der Waals surface area contributed by atoms with Crippen molar-refractivity contribution in [1.29, 1.82) is 0 Å². The number of nitrogens with two attached hydrogens (primary N) is 1. The lowest BCUT2D eigenvalue weighted by Gasteiger charge is -2.33.